The summed E-state index contributed by atoms with van der Waals surface area (Å²) in [6.07, 6.45) is 0.747. The molecule has 5 heteroatoms. The zero-order valence-corrected chi connectivity index (χ0v) is 9.10. The fourth-order valence-electron chi connectivity index (χ4n) is 1.84. The lowest BCUT2D eigenvalue weighted by Gasteiger charge is -2.24. The molecule has 0 radical (unpaired) electrons. The first-order chi connectivity index (χ1) is 7.07. The van der Waals surface area contributed by atoms with Crippen molar-refractivity contribution in [2.75, 3.05) is 13.2 Å². The lowest BCUT2D eigenvalue weighted by Crippen LogP contribution is -2.45. The van der Waals surface area contributed by atoms with Crippen LogP contribution in [0.25, 0.3) is 0 Å². The van der Waals surface area contributed by atoms with Gasteiger partial charge < -0.3 is 14.7 Å². The first kappa shape index (κ1) is 12.0. The van der Waals surface area contributed by atoms with Crippen LogP contribution in [0.4, 0.5) is 0 Å². The lowest BCUT2D eigenvalue weighted by molar-refractivity contribution is -0.153. The highest BCUT2D eigenvalue weighted by Gasteiger charge is 2.35. The predicted molar refractivity (Wildman–Crippen MR) is 53.5 cm³/mol. The summed E-state index contributed by atoms with van der Waals surface area (Å²) < 4.78 is 5.16. The highest BCUT2D eigenvalue weighted by molar-refractivity contribution is 5.86. The minimum absolute atomic E-state index is 0.221. The van der Waals surface area contributed by atoms with Gasteiger partial charge in [0, 0.05) is 13.2 Å². The zero-order valence-electron chi connectivity index (χ0n) is 9.10. The molecule has 86 valence electrons. The van der Waals surface area contributed by atoms with Crippen LogP contribution in [0.5, 0.6) is 0 Å². The van der Waals surface area contributed by atoms with E-state index in [1.807, 2.05) is 6.92 Å². The number of ether oxygens (including phenoxy) is 1. The molecular weight excluding hydrogens is 198 g/mol. The predicted octanol–water partition coefficient (Wildman–Crippen LogP) is 0.487. The molecule has 15 heavy (non-hydrogen) atoms. The van der Waals surface area contributed by atoms with E-state index < -0.39 is 18.1 Å². The van der Waals surface area contributed by atoms with Crippen molar-refractivity contribution in [2.24, 2.45) is 0 Å². The Morgan fingerprint density at radius 1 is 1.60 bits per heavy atom. The average molecular weight is 215 g/mol. The maximum Gasteiger partial charge on any atom is 0.326 e. The molecule has 0 aromatic heterocycles. The van der Waals surface area contributed by atoms with Crippen LogP contribution in [0, 0.1) is 0 Å². The van der Waals surface area contributed by atoms with E-state index in [-0.39, 0.29) is 5.91 Å². The minimum atomic E-state index is -0.926. The first-order valence-electron chi connectivity index (χ1n) is 5.22. The topological polar surface area (TPSA) is 66.8 Å². The van der Waals surface area contributed by atoms with Gasteiger partial charge in [-0.15, -0.1) is 0 Å². The third-order valence-corrected chi connectivity index (χ3v) is 2.59. The molecule has 0 aliphatic carbocycles. The molecule has 1 unspecified atom stereocenters. The second-order valence-electron chi connectivity index (χ2n) is 3.63. The number of carboxylic acids is 1. The largest absolute Gasteiger partial charge is 0.480 e. The van der Waals surface area contributed by atoms with Crippen LogP contribution < -0.4 is 0 Å². The van der Waals surface area contributed by atoms with E-state index in [2.05, 4.69) is 0 Å². The Morgan fingerprint density at radius 3 is 2.80 bits per heavy atom. The zero-order chi connectivity index (χ0) is 11.4. The van der Waals surface area contributed by atoms with Gasteiger partial charge in [-0.2, -0.15) is 0 Å². The lowest BCUT2D eigenvalue weighted by atomic mass is 10.2. The number of carbonyl (C=O) groups excluding carboxylic acids is 1. The number of hydrogen-bond acceptors (Lipinski definition) is 3. The molecule has 0 aromatic carbocycles. The molecule has 1 rings (SSSR count). The molecule has 1 N–H and O–H groups in total. The Balaban J connectivity index is 2.62. The quantitative estimate of drug-likeness (QED) is 0.741. The van der Waals surface area contributed by atoms with E-state index in [4.69, 9.17) is 9.84 Å². The van der Waals surface area contributed by atoms with Crippen molar-refractivity contribution in [1.82, 2.24) is 4.90 Å². The van der Waals surface area contributed by atoms with Gasteiger partial charge in [-0.25, -0.2) is 4.79 Å². The summed E-state index contributed by atoms with van der Waals surface area (Å²) in [6, 6.07) is -0.666. The molecule has 0 aromatic rings. The van der Waals surface area contributed by atoms with Crippen molar-refractivity contribution < 1.29 is 19.4 Å². The van der Waals surface area contributed by atoms with Crippen molar-refractivity contribution in [2.45, 2.75) is 38.8 Å². The van der Waals surface area contributed by atoms with Gasteiger partial charge in [-0.05, 0) is 26.7 Å². The minimum Gasteiger partial charge on any atom is -0.480 e. The average Bonchev–Trinajstić information content (AvgIpc) is 2.65. The van der Waals surface area contributed by atoms with Gasteiger partial charge in [0.2, 0.25) is 0 Å². The summed E-state index contributed by atoms with van der Waals surface area (Å²) in [4.78, 5) is 24.1. The van der Waals surface area contributed by atoms with Gasteiger partial charge in [0.1, 0.15) is 12.1 Å². The van der Waals surface area contributed by atoms with Gasteiger partial charge in [0.15, 0.2) is 0 Å². The summed E-state index contributed by atoms with van der Waals surface area (Å²) in [5.74, 6) is -1.15. The molecule has 0 saturated carbocycles. The van der Waals surface area contributed by atoms with Crippen LogP contribution in [0.1, 0.15) is 26.7 Å². The molecule has 1 saturated heterocycles. The summed E-state index contributed by atoms with van der Waals surface area (Å²) >= 11 is 0. The van der Waals surface area contributed by atoms with E-state index in [1.54, 1.807) is 6.92 Å². The summed E-state index contributed by atoms with van der Waals surface area (Å²) in [7, 11) is 0. The number of aliphatic carboxylic acids is 1. The number of rotatable bonds is 4. The van der Waals surface area contributed by atoms with Gasteiger partial charge >= 0.3 is 5.97 Å². The Morgan fingerprint density at radius 2 is 2.27 bits per heavy atom. The molecule has 0 spiro atoms. The number of carboxylic acid groups (broad SMARTS) is 1. The van der Waals surface area contributed by atoms with Crippen LogP contribution in [-0.2, 0) is 14.3 Å². The molecule has 0 bridgehead atoms. The molecule has 1 amide bonds. The summed E-state index contributed by atoms with van der Waals surface area (Å²) in [5, 5.41) is 8.91. The van der Waals surface area contributed by atoms with Crippen LogP contribution in [-0.4, -0.2) is 47.2 Å². The number of nitrogens with zero attached hydrogens (tertiary/aromatic N) is 1. The molecule has 1 fully saturated rings. The SMILES string of the molecule is CCOC(C)C(=O)N1CCC[C@@H]1C(=O)O. The van der Waals surface area contributed by atoms with Gasteiger partial charge in [-0.3, -0.25) is 4.79 Å². The third kappa shape index (κ3) is 2.68. The van der Waals surface area contributed by atoms with Crippen molar-refractivity contribution in [1.29, 1.82) is 0 Å². The van der Waals surface area contributed by atoms with Gasteiger partial charge in [0.05, 0.1) is 0 Å². The molecular formula is C10H17NO4. The van der Waals surface area contributed by atoms with E-state index >= 15 is 0 Å². The first-order valence-corrected chi connectivity index (χ1v) is 5.22. The molecule has 1 heterocycles. The van der Waals surface area contributed by atoms with Crippen LogP contribution >= 0.6 is 0 Å². The number of hydrogen-bond donors (Lipinski definition) is 1. The molecule has 1 aliphatic heterocycles. The number of carbonyl (C=O) groups is 2. The van der Waals surface area contributed by atoms with E-state index in [1.165, 1.54) is 4.90 Å². The van der Waals surface area contributed by atoms with E-state index in [0.717, 1.165) is 6.42 Å². The summed E-state index contributed by atoms with van der Waals surface area (Å²) in [5.41, 5.74) is 0. The molecule has 2 atom stereocenters. The van der Waals surface area contributed by atoms with Gasteiger partial charge in [0.25, 0.3) is 5.91 Å². The second kappa shape index (κ2) is 5.11. The molecule has 5 nitrogen and oxygen atoms in total. The normalized spacial score (nSPS) is 22.8. The maximum atomic E-state index is 11.8. The van der Waals surface area contributed by atoms with Crippen molar-refractivity contribution in [3.8, 4) is 0 Å². The Labute approximate surface area is 89.0 Å². The van der Waals surface area contributed by atoms with Crippen molar-refractivity contribution >= 4 is 11.9 Å². The highest BCUT2D eigenvalue weighted by atomic mass is 16.5. The number of amides is 1. The standard InChI is InChI=1S/C10H17NO4/c1-3-15-7(2)9(12)11-6-4-5-8(11)10(13)14/h7-8H,3-6H2,1-2H3,(H,13,14)/t7?,8-/m1/s1. The fraction of sp³-hybridized carbons (Fsp3) is 0.800. The van der Waals surface area contributed by atoms with Crippen LogP contribution in [0.15, 0.2) is 0 Å². The fourth-order valence-corrected chi connectivity index (χ4v) is 1.84. The van der Waals surface area contributed by atoms with Crippen LogP contribution in [0.3, 0.4) is 0 Å². The Kier molecular flexibility index (Phi) is 4.08. The molecule has 1 aliphatic rings. The van der Waals surface area contributed by atoms with Crippen LogP contribution in [0.2, 0.25) is 0 Å². The number of likely N-dealkylation sites (tertiary alicyclic amines) is 1. The van der Waals surface area contributed by atoms with Crippen molar-refractivity contribution in [3.63, 3.8) is 0 Å². The smallest absolute Gasteiger partial charge is 0.326 e. The monoisotopic (exact) mass is 215 g/mol. The van der Waals surface area contributed by atoms with E-state index in [0.29, 0.717) is 19.6 Å². The Hall–Kier alpha value is -1.10. The van der Waals surface area contributed by atoms with Gasteiger partial charge in [-0.1, -0.05) is 0 Å². The summed E-state index contributed by atoms with van der Waals surface area (Å²) in [6.45, 7) is 4.44. The second-order valence-corrected chi connectivity index (χ2v) is 3.63. The Bertz CT molecular complexity index is 254. The maximum absolute atomic E-state index is 11.8. The van der Waals surface area contributed by atoms with E-state index in [9.17, 15) is 9.59 Å². The third-order valence-electron chi connectivity index (χ3n) is 2.59. The van der Waals surface area contributed by atoms with Crippen molar-refractivity contribution in [3.05, 3.63) is 0 Å². The highest BCUT2D eigenvalue weighted by Crippen LogP contribution is 2.18.